The molecule has 4 aliphatic carbocycles. The number of rotatable bonds is 7. The summed E-state index contributed by atoms with van der Waals surface area (Å²) in [5.41, 5.74) is 2.15. The van der Waals surface area contributed by atoms with Crippen LogP contribution in [0.3, 0.4) is 0 Å². The van der Waals surface area contributed by atoms with Gasteiger partial charge in [0.2, 0.25) is 0 Å². The standard InChI is InChI=1S/C33H46O7S/c1-20-7-10-26(11-8-20)41(36,37)38-19-21(2)28-13-14-29-27-12-9-24-17-25(39-22(3)34)15-16-32(24,5)31(27)30(40-23(4)35)18-33(28,29)6/h7-11,21,25,27-31H,12-19H2,1-6H3/t21-,25+,27+,28-,29+,30-,31-,32+,33-/m1/s1. The van der Waals surface area contributed by atoms with Crippen molar-refractivity contribution >= 4 is 22.1 Å². The predicted molar refractivity (Wildman–Crippen MR) is 155 cm³/mol. The fourth-order valence-corrected chi connectivity index (χ4v) is 10.4. The molecule has 0 unspecified atom stereocenters. The van der Waals surface area contributed by atoms with Gasteiger partial charge in [0.15, 0.2) is 0 Å². The van der Waals surface area contributed by atoms with Crippen molar-refractivity contribution in [1.29, 1.82) is 0 Å². The van der Waals surface area contributed by atoms with Crippen molar-refractivity contribution in [2.75, 3.05) is 6.61 Å². The van der Waals surface area contributed by atoms with Gasteiger partial charge in [-0.1, -0.05) is 50.1 Å². The number of carbonyl (C=O) groups is 2. The highest BCUT2D eigenvalue weighted by atomic mass is 32.2. The van der Waals surface area contributed by atoms with Gasteiger partial charge in [-0.2, -0.15) is 8.42 Å². The number of benzene rings is 1. The highest BCUT2D eigenvalue weighted by molar-refractivity contribution is 7.86. The number of fused-ring (bicyclic) bond motifs is 5. The number of allylic oxidation sites excluding steroid dienone is 1. The van der Waals surface area contributed by atoms with Gasteiger partial charge < -0.3 is 9.47 Å². The minimum atomic E-state index is -3.84. The Kier molecular flexibility index (Phi) is 8.23. The van der Waals surface area contributed by atoms with Crippen LogP contribution in [0, 0.1) is 47.3 Å². The van der Waals surface area contributed by atoms with Gasteiger partial charge in [0.05, 0.1) is 11.5 Å². The second kappa shape index (κ2) is 11.1. The lowest BCUT2D eigenvalue weighted by molar-refractivity contribution is -0.176. The van der Waals surface area contributed by atoms with E-state index in [0.29, 0.717) is 11.8 Å². The van der Waals surface area contributed by atoms with E-state index in [4.69, 9.17) is 13.7 Å². The molecule has 41 heavy (non-hydrogen) atoms. The molecule has 3 saturated carbocycles. The van der Waals surface area contributed by atoms with E-state index in [1.807, 2.05) is 6.92 Å². The van der Waals surface area contributed by atoms with Gasteiger partial charge >= 0.3 is 11.9 Å². The summed E-state index contributed by atoms with van der Waals surface area (Å²) in [6.45, 7) is 11.8. The quantitative estimate of drug-likeness (QED) is 0.208. The SMILES string of the molecule is CC(=O)O[C@H]1CC[C@@]2(C)C(=CC[C@@H]3[C@@H]2[C@H](OC(C)=O)C[C@]2(C)[C@@H]([C@H](C)COS(=O)(=O)c4ccc(C)cc4)CC[C@@H]32)C1. The lowest BCUT2D eigenvalue weighted by Gasteiger charge is -2.60. The largest absolute Gasteiger partial charge is 0.462 e. The van der Waals surface area contributed by atoms with Crippen molar-refractivity contribution in [3.8, 4) is 0 Å². The molecule has 0 saturated heterocycles. The van der Waals surface area contributed by atoms with Crippen molar-refractivity contribution in [2.45, 2.75) is 104 Å². The first kappa shape index (κ1) is 30.3. The number of hydrogen-bond donors (Lipinski definition) is 0. The number of hydrogen-bond acceptors (Lipinski definition) is 7. The van der Waals surface area contributed by atoms with E-state index in [0.717, 1.165) is 50.5 Å². The fraction of sp³-hybridized carbons (Fsp3) is 0.697. The maximum absolute atomic E-state index is 12.9. The average molecular weight is 587 g/mol. The van der Waals surface area contributed by atoms with Gasteiger partial charge in [0, 0.05) is 26.2 Å². The van der Waals surface area contributed by atoms with E-state index >= 15 is 0 Å². The van der Waals surface area contributed by atoms with Crippen LogP contribution >= 0.6 is 0 Å². The number of aryl methyl sites for hydroxylation is 1. The number of carbonyl (C=O) groups excluding carboxylic acids is 2. The van der Waals surface area contributed by atoms with Crippen LogP contribution in [0.4, 0.5) is 0 Å². The van der Waals surface area contributed by atoms with Crippen molar-refractivity contribution in [3.05, 3.63) is 41.5 Å². The van der Waals surface area contributed by atoms with Gasteiger partial charge in [-0.05, 0) is 92.1 Å². The zero-order valence-electron chi connectivity index (χ0n) is 25.4. The molecule has 8 heteroatoms. The maximum atomic E-state index is 12.9. The Hall–Kier alpha value is -2.19. The van der Waals surface area contributed by atoms with Crippen LogP contribution in [0.15, 0.2) is 40.8 Å². The van der Waals surface area contributed by atoms with Gasteiger partial charge in [-0.25, -0.2) is 0 Å². The molecule has 0 aliphatic heterocycles. The minimum Gasteiger partial charge on any atom is -0.462 e. The summed E-state index contributed by atoms with van der Waals surface area (Å²) in [5.74, 6) is 0.865. The number of esters is 2. The Morgan fingerprint density at radius 3 is 2.37 bits per heavy atom. The molecule has 1 aromatic carbocycles. The highest BCUT2D eigenvalue weighted by Gasteiger charge is 2.63. The molecule has 0 spiro atoms. The molecule has 0 N–H and O–H groups in total. The Morgan fingerprint density at radius 2 is 1.71 bits per heavy atom. The molecule has 3 fully saturated rings. The zero-order valence-corrected chi connectivity index (χ0v) is 26.2. The molecule has 0 amide bonds. The summed E-state index contributed by atoms with van der Waals surface area (Å²) < 4.78 is 43.2. The molecule has 1 aromatic rings. The van der Waals surface area contributed by atoms with Crippen LogP contribution < -0.4 is 0 Å². The average Bonchev–Trinajstić information content (AvgIpc) is 3.23. The van der Waals surface area contributed by atoms with E-state index in [9.17, 15) is 18.0 Å². The van der Waals surface area contributed by atoms with E-state index in [-0.39, 0.29) is 64.2 Å². The van der Waals surface area contributed by atoms with E-state index in [1.165, 1.54) is 19.4 Å². The molecule has 7 nitrogen and oxygen atoms in total. The van der Waals surface area contributed by atoms with Crippen LogP contribution in [0.2, 0.25) is 0 Å². The van der Waals surface area contributed by atoms with Gasteiger partial charge in [-0.15, -0.1) is 0 Å². The summed E-state index contributed by atoms with van der Waals surface area (Å²) in [5, 5.41) is 0. The molecule has 5 rings (SSSR count). The Labute approximate surface area is 245 Å². The topological polar surface area (TPSA) is 96.0 Å². The summed E-state index contributed by atoms with van der Waals surface area (Å²) >= 11 is 0. The lowest BCUT2D eigenvalue weighted by atomic mass is 9.46. The Balaban J connectivity index is 1.37. The fourth-order valence-electron chi connectivity index (χ4n) is 9.44. The monoisotopic (exact) mass is 586 g/mol. The molecule has 9 atom stereocenters. The lowest BCUT2D eigenvalue weighted by Crippen LogP contribution is -2.57. The second-order valence-electron chi connectivity index (χ2n) is 13.7. The molecular formula is C33H46O7S. The third-order valence-electron chi connectivity index (χ3n) is 11.2. The molecule has 0 aromatic heterocycles. The van der Waals surface area contributed by atoms with Crippen LogP contribution in [0.5, 0.6) is 0 Å². The smallest absolute Gasteiger partial charge is 0.302 e. The van der Waals surface area contributed by atoms with Gasteiger partial charge in [-0.3, -0.25) is 13.8 Å². The van der Waals surface area contributed by atoms with E-state index in [1.54, 1.807) is 24.3 Å². The number of ether oxygens (including phenoxy) is 2. The molecule has 226 valence electrons. The predicted octanol–water partition coefficient (Wildman–Crippen LogP) is 6.39. The van der Waals surface area contributed by atoms with Crippen molar-refractivity contribution in [2.24, 2.45) is 40.4 Å². The normalized spacial score (nSPS) is 37.2. The summed E-state index contributed by atoms with van der Waals surface area (Å²) in [4.78, 5) is 24.3. The molecular weight excluding hydrogens is 540 g/mol. The Bertz CT molecular complexity index is 1300. The van der Waals surface area contributed by atoms with Gasteiger partial charge in [0.25, 0.3) is 10.1 Å². The summed E-state index contributed by atoms with van der Waals surface area (Å²) in [6, 6.07) is 6.75. The molecule has 0 bridgehead atoms. The first-order valence-corrected chi connectivity index (χ1v) is 16.7. The third-order valence-corrected chi connectivity index (χ3v) is 12.5. The van der Waals surface area contributed by atoms with Crippen LogP contribution in [-0.4, -0.2) is 39.2 Å². The van der Waals surface area contributed by atoms with Crippen molar-refractivity contribution < 1.29 is 31.7 Å². The first-order valence-electron chi connectivity index (χ1n) is 15.2. The molecule has 0 radical (unpaired) electrons. The van der Waals surface area contributed by atoms with Crippen LogP contribution in [0.25, 0.3) is 0 Å². The third kappa shape index (κ3) is 5.63. The van der Waals surface area contributed by atoms with E-state index < -0.39 is 10.1 Å². The van der Waals surface area contributed by atoms with Crippen molar-refractivity contribution in [3.63, 3.8) is 0 Å². The second-order valence-corrected chi connectivity index (χ2v) is 15.3. The Morgan fingerprint density at radius 1 is 1.02 bits per heavy atom. The minimum absolute atomic E-state index is 0.0317. The summed E-state index contributed by atoms with van der Waals surface area (Å²) in [7, 11) is -3.84. The molecule has 4 aliphatic rings. The zero-order chi connectivity index (χ0) is 29.7. The maximum Gasteiger partial charge on any atom is 0.302 e. The first-order chi connectivity index (χ1) is 19.2. The summed E-state index contributed by atoms with van der Waals surface area (Å²) in [6.07, 6.45) is 8.37. The highest BCUT2D eigenvalue weighted by Crippen LogP contribution is 2.67. The van der Waals surface area contributed by atoms with Gasteiger partial charge in [0.1, 0.15) is 12.2 Å². The molecule has 0 heterocycles. The van der Waals surface area contributed by atoms with Crippen LogP contribution in [0.1, 0.15) is 85.1 Å². The van der Waals surface area contributed by atoms with Crippen LogP contribution in [-0.2, 0) is 33.4 Å². The van der Waals surface area contributed by atoms with E-state index in [2.05, 4.69) is 26.8 Å². The van der Waals surface area contributed by atoms with Crippen molar-refractivity contribution in [1.82, 2.24) is 0 Å².